The first-order valence-electron chi connectivity index (χ1n) is 9.61. The molecule has 1 amide bonds. The predicted molar refractivity (Wildman–Crippen MR) is 122 cm³/mol. The Morgan fingerprint density at radius 1 is 1.29 bits per heavy atom. The number of hydrogen-bond acceptors (Lipinski definition) is 4. The minimum absolute atomic E-state index is 0. The van der Waals surface area contributed by atoms with Gasteiger partial charge in [0.15, 0.2) is 5.96 Å². The zero-order valence-corrected chi connectivity index (χ0v) is 19.3. The lowest BCUT2D eigenvalue weighted by Crippen LogP contribution is -2.45. The molecule has 28 heavy (non-hydrogen) atoms. The van der Waals surface area contributed by atoms with E-state index in [4.69, 9.17) is 9.47 Å². The van der Waals surface area contributed by atoms with Gasteiger partial charge < -0.3 is 25.0 Å². The van der Waals surface area contributed by atoms with Crippen molar-refractivity contribution in [3.8, 4) is 0 Å². The van der Waals surface area contributed by atoms with Crippen LogP contribution in [0.5, 0.6) is 0 Å². The van der Waals surface area contributed by atoms with E-state index in [1.54, 1.807) is 7.11 Å². The van der Waals surface area contributed by atoms with E-state index in [1.165, 1.54) is 0 Å². The Kier molecular flexibility index (Phi) is 12.1. The first kappa shape index (κ1) is 24.6. The summed E-state index contributed by atoms with van der Waals surface area (Å²) < 4.78 is 10.6. The monoisotopic (exact) mass is 504 g/mol. The van der Waals surface area contributed by atoms with E-state index >= 15 is 0 Å². The summed E-state index contributed by atoms with van der Waals surface area (Å²) in [5.41, 5.74) is 0.985. The van der Waals surface area contributed by atoms with Crippen molar-refractivity contribution < 1.29 is 14.3 Å². The number of rotatable bonds is 8. The van der Waals surface area contributed by atoms with E-state index in [0.717, 1.165) is 12.1 Å². The van der Waals surface area contributed by atoms with Gasteiger partial charge in [-0.3, -0.25) is 9.79 Å². The highest BCUT2D eigenvalue weighted by Crippen LogP contribution is 2.20. The lowest BCUT2D eigenvalue weighted by molar-refractivity contribution is -0.136. The molecule has 0 spiro atoms. The molecule has 0 bridgehead atoms. The standard InChI is InChI=1S/C20H32N4O3.HI/c1-4-21-20(23-16(2)15-26-3)22-14-18(17-8-6-5-7-9-17)19(25)24-10-12-27-13-11-24;/h5-9,16,18H,4,10-15H2,1-3H3,(H2,21,22,23);1H. The van der Waals surface area contributed by atoms with Gasteiger partial charge in [-0.25, -0.2) is 0 Å². The lowest BCUT2D eigenvalue weighted by Gasteiger charge is -2.30. The van der Waals surface area contributed by atoms with Crippen molar-refractivity contribution in [1.82, 2.24) is 15.5 Å². The highest BCUT2D eigenvalue weighted by Gasteiger charge is 2.27. The summed E-state index contributed by atoms with van der Waals surface area (Å²) in [6.45, 7) is 8.22. The summed E-state index contributed by atoms with van der Waals surface area (Å²) in [5, 5.41) is 6.55. The van der Waals surface area contributed by atoms with Crippen LogP contribution in [0.4, 0.5) is 0 Å². The minimum Gasteiger partial charge on any atom is -0.383 e. The van der Waals surface area contributed by atoms with Crippen molar-refractivity contribution in [3.05, 3.63) is 35.9 Å². The summed E-state index contributed by atoms with van der Waals surface area (Å²) >= 11 is 0. The third kappa shape index (κ3) is 7.92. The molecule has 8 heteroatoms. The summed E-state index contributed by atoms with van der Waals surface area (Å²) in [5.74, 6) is 0.490. The molecule has 1 aromatic carbocycles. The topological polar surface area (TPSA) is 75.2 Å². The van der Waals surface area contributed by atoms with Crippen molar-refractivity contribution in [3.63, 3.8) is 0 Å². The third-order valence-corrected chi connectivity index (χ3v) is 4.40. The Morgan fingerprint density at radius 3 is 2.57 bits per heavy atom. The van der Waals surface area contributed by atoms with Crippen LogP contribution in [0.1, 0.15) is 25.3 Å². The molecular weight excluding hydrogens is 471 g/mol. The molecule has 2 rings (SSSR count). The van der Waals surface area contributed by atoms with E-state index in [-0.39, 0.29) is 41.8 Å². The Morgan fingerprint density at radius 2 is 1.96 bits per heavy atom. The fourth-order valence-corrected chi connectivity index (χ4v) is 3.04. The number of benzene rings is 1. The number of ether oxygens (including phenoxy) is 2. The maximum atomic E-state index is 13.1. The molecule has 1 saturated heterocycles. The smallest absolute Gasteiger partial charge is 0.232 e. The van der Waals surface area contributed by atoms with Gasteiger partial charge in [-0.15, -0.1) is 24.0 Å². The number of aliphatic imine (C=N–C) groups is 1. The van der Waals surface area contributed by atoms with Gasteiger partial charge in [0.25, 0.3) is 0 Å². The first-order chi connectivity index (χ1) is 13.2. The minimum atomic E-state index is -0.308. The van der Waals surface area contributed by atoms with E-state index in [9.17, 15) is 4.79 Å². The van der Waals surface area contributed by atoms with Gasteiger partial charge in [-0.05, 0) is 19.4 Å². The zero-order chi connectivity index (χ0) is 19.5. The molecule has 1 fully saturated rings. The summed E-state index contributed by atoms with van der Waals surface area (Å²) in [6.07, 6.45) is 0. The van der Waals surface area contributed by atoms with Gasteiger partial charge in [0.2, 0.25) is 5.91 Å². The number of guanidine groups is 1. The SMILES string of the molecule is CCNC(=NCC(C(=O)N1CCOCC1)c1ccccc1)NC(C)COC.I. The molecule has 1 heterocycles. The maximum Gasteiger partial charge on any atom is 0.232 e. The molecule has 0 aromatic heterocycles. The number of morpholine rings is 1. The van der Waals surface area contributed by atoms with E-state index < -0.39 is 0 Å². The number of nitrogens with one attached hydrogen (secondary N) is 2. The summed E-state index contributed by atoms with van der Waals surface area (Å²) in [4.78, 5) is 19.7. The predicted octanol–water partition coefficient (Wildman–Crippen LogP) is 1.84. The third-order valence-electron chi connectivity index (χ3n) is 4.40. The van der Waals surface area contributed by atoms with Crippen molar-refractivity contribution in [2.45, 2.75) is 25.8 Å². The van der Waals surface area contributed by atoms with Crippen LogP contribution in [-0.2, 0) is 14.3 Å². The maximum absolute atomic E-state index is 13.1. The number of amides is 1. The molecule has 1 aliphatic heterocycles. The summed E-state index contributed by atoms with van der Waals surface area (Å²) in [6, 6.07) is 9.99. The lowest BCUT2D eigenvalue weighted by atomic mass is 9.97. The Bertz CT molecular complexity index is 594. The molecule has 7 nitrogen and oxygen atoms in total. The fraction of sp³-hybridized carbons (Fsp3) is 0.600. The molecule has 0 radical (unpaired) electrons. The normalized spacial score (nSPS) is 16.7. The van der Waals surface area contributed by atoms with Crippen LogP contribution in [0.3, 0.4) is 0 Å². The average Bonchev–Trinajstić information content (AvgIpc) is 2.69. The molecule has 1 aliphatic rings. The van der Waals surface area contributed by atoms with Crippen LogP contribution >= 0.6 is 24.0 Å². The van der Waals surface area contributed by atoms with Crippen LogP contribution < -0.4 is 10.6 Å². The van der Waals surface area contributed by atoms with Crippen LogP contribution in [0, 0.1) is 0 Å². The quantitative estimate of drug-likeness (QED) is 0.321. The van der Waals surface area contributed by atoms with Crippen molar-refractivity contribution in [2.75, 3.05) is 53.1 Å². The van der Waals surface area contributed by atoms with Crippen LogP contribution in [-0.4, -0.2) is 75.9 Å². The average molecular weight is 504 g/mol. The van der Waals surface area contributed by atoms with Crippen LogP contribution in [0.2, 0.25) is 0 Å². The van der Waals surface area contributed by atoms with Crippen LogP contribution in [0.25, 0.3) is 0 Å². The second kappa shape index (κ2) is 13.7. The van der Waals surface area contributed by atoms with Crippen molar-refractivity contribution >= 4 is 35.8 Å². The van der Waals surface area contributed by atoms with Crippen LogP contribution in [0.15, 0.2) is 35.3 Å². The molecule has 0 aliphatic carbocycles. The summed E-state index contributed by atoms with van der Waals surface area (Å²) in [7, 11) is 1.68. The fourth-order valence-electron chi connectivity index (χ4n) is 3.04. The second-order valence-corrected chi connectivity index (χ2v) is 6.62. The zero-order valence-electron chi connectivity index (χ0n) is 17.0. The van der Waals surface area contributed by atoms with E-state index in [0.29, 0.717) is 45.4 Å². The van der Waals surface area contributed by atoms with Gasteiger partial charge >= 0.3 is 0 Å². The van der Waals surface area contributed by atoms with Crippen molar-refractivity contribution in [2.24, 2.45) is 4.99 Å². The van der Waals surface area contributed by atoms with E-state index in [1.807, 2.05) is 49.1 Å². The Labute approximate surface area is 185 Å². The molecule has 158 valence electrons. The van der Waals surface area contributed by atoms with Gasteiger partial charge in [-0.1, -0.05) is 30.3 Å². The first-order valence-corrected chi connectivity index (χ1v) is 9.61. The second-order valence-electron chi connectivity index (χ2n) is 6.62. The van der Waals surface area contributed by atoms with Gasteiger partial charge in [0.1, 0.15) is 0 Å². The largest absolute Gasteiger partial charge is 0.383 e. The molecule has 2 unspecified atom stereocenters. The van der Waals surface area contributed by atoms with E-state index in [2.05, 4.69) is 15.6 Å². The number of carbonyl (C=O) groups is 1. The Hall–Kier alpha value is -1.39. The Balaban J connectivity index is 0.00000392. The number of carbonyl (C=O) groups excluding carboxylic acids is 1. The molecule has 2 atom stereocenters. The number of nitrogens with zero attached hydrogens (tertiary/aromatic N) is 2. The highest BCUT2D eigenvalue weighted by molar-refractivity contribution is 14.0. The molecular formula is C20H33IN4O3. The van der Waals surface area contributed by atoms with Crippen molar-refractivity contribution in [1.29, 1.82) is 0 Å². The molecule has 0 saturated carbocycles. The number of methoxy groups -OCH3 is 1. The number of halogens is 1. The molecule has 2 N–H and O–H groups in total. The number of hydrogen-bond donors (Lipinski definition) is 2. The highest BCUT2D eigenvalue weighted by atomic mass is 127. The van der Waals surface area contributed by atoms with Gasteiger partial charge in [-0.2, -0.15) is 0 Å². The molecule has 1 aromatic rings. The van der Waals surface area contributed by atoms with Gasteiger partial charge in [0, 0.05) is 32.8 Å². The van der Waals surface area contributed by atoms with Gasteiger partial charge in [0.05, 0.1) is 32.3 Å².